The second kappa shape index (κ2) is 9.07. The summed E-state index contributed by atoms with van der Waals surface area (Å²) in [5.74, 6) is 3.04. The molecule has 7 heteroatoms. The quantitative estimate of drug-likeness (QED) is 0.543. The van der Waals surface area contributed by atoms with Crippen molar-refractivity contribution in [3.63, 3.8) is 0 Å². The van der Waals surface area contributed by atoms with Gasteiger partial charge in [0.15, 0.2) is 5.96 Å². The zero-order valence-corrected chi connectivity index (χ0v) is 17.6. The Balaban J connectivity index is 2.00. The van der Waals surface area contributed by atoms with E-state index in [-0.39, 0.29) is 5.41 Å². The number of nitrogens with zero attached hydrogens (tertiary/aromatic N) is 2. The van der Waals surface area contributed by atoms with Gasteiger partial charge in [0.1, 0.15) is 11.5 Å². The number of benzene rings is 1. The number of methoxy groups -OCH3 is 1. The van der Waals surface area contributed by atoms with Crippen molar-refractivity contribution in [2.24, 2.45) is 4.99 Å². The van der Waals surface area contributed by atoms with Gasteiger partial charge in [-0.05, 0) is 40.5 Å². The van der Waals surface area contributed by atoms with Gasteiger partial charge in [0.2, 0.25) is 5.89 Å². The van der Waals surface area contributed by atoms with E-state index < -0.39 is 0 Å². The van der Waals surface area contributed by atoms with Crippen LogP contribution in [0.4, 0.5) is 0 Å². The van der Waals surface area contributed by atoms with Crippen molar-refractivity contribution in [1.29, 1.82) is 0 Å². The summed E-state index contributed by atoms with van der Waals surface area (Å²) >= 11 is 3.50. The van der Waals surface area contributed by atoms with Gasteiger partial charge >= 0.3 is 0 Å². The van der Waals surface area contributed by atoms with E-state index in [1.54, 1.807) is 13.3 Å². The summed E-state index contributed by atoms with van der Waals surface area (Å²) in [6.07, 6.45) is 1.79. The standard InChI is InChI=1S/C19H27BrN4O2/c1-6-21-18(23-10-13-7-8-15(25-5)14(20)9-13)24-12-17-22-11-16(26-17)19(2,3)4/h7-9,11H,6,10,12H2,1-5H3,(H2,21,23,24). The molecule has 0 aliphatic heterocycles. The lowest BCUT2D eigenvalue weighted by atomic mass is 9.94. The molecule has 1 heterocycles. The minimum atomic E-state index is -0.0500. The maximum absolute atomic E-state index is 5.80. The number of oxazole rings is 1. The van der Waals surface area contributed by atoms with Crippen LogP contribution in [0.2, 0.25) is 0 Å². The van der Waals surface area contributed by atoms with Crippen molar-refractivity contribution in [2.45, 2.75) is 46.2 Å². The molecule has 6 nitrogen and oxygen atoms in total. The molecule has 0 aliphatic rings. The molecule has 0 saturated carbocycles. The molecule has 1 aromatic heterocycles. The molecule has 2 N–H and O–H groups in total. The van der Waals surface area contributed by atoms with Crippen LogP contribution >= 0.6 is 15.9 Å². The maximum Gasteiger partial charge on any atom is 0.213 e. The fourth-order valence-corrected chi connectivity index (χ4v) is 2.81. The molecule has 0 radical (unpaired) electrons. The zero-order valence-electron chi connectivity index (χ0n) is 16.0. The average molecular weight is 423 g/mol. The van der Waals surface area contributed by atoms with Gasteiger partial charge in [-0.3, -0.25) is 0 Å². The third-order valence-corrected chi connectivity index (χ3v) is 4.30. The highest BCUT2D eigenvalue weighted by molar-refractivity contribution is 9.10. The van der Waals surface area contributed by atoms with Crippen molar-refractivity contribution < 1.29 is 9.15 Å². The molecular formula is C19H27BrN4O2. The molecule has 1 aromatic carbocycles. The topological polar surface area (TPSA) is 71.7 Å². The van der Waals surface area contributed by atoms with Crippen LogP contribution in [-0.4, -0.2) is 24.6 Å². The summed E-state index contributed by atoms with van der Waals surface area (Å²) in [4.78, 5) is 8.95. The van der Waals surface area contributed by atoms with Gasteiger partial charge in [0, 0.05) is 12.0 Å². The lowest BCUT2D eigenvalue weighted by Crippen LogP contribution is -2.36. The van der Waals surface area contributed by atoms with E-state index in [0.717, 1.165) is 34.1 Å². The Bertz CT molecular complexity index is 750. The molecule has 0 atom stereocenters. The summed E-state index contributed by atoms with van der Waals surface area (Å²) in [5.41, 5.74) is 1.03. The second-order valence-electron chi connectivity index (χ2n) is 6.89. The lowest BCUT2D eigenvalue weighted by molar-refractivity contribution is 0.379. The smallest absolute Gasteiger partial charge is 0.213 e. The van der Waals surface area contributed by atoms with E-state index in [0.29, 0.717) is 19.0 Å². The van der Waals surface area contributed by atoms with E-state index in [9.17, 15) is 0 Å². The number of aliphatic imine (C=N–C) groups is 1. The highest BCUT2D eigenvalue weighted by Crippen LogP contribution is 2.25. The molecular weight excluding hydrogens is 396 g/mol. The first-order valence-corrected chi connectivity index (χ1v) is 9.42. The normalized spacial score (nSPS) is 12.2. The SMILES string of the molecule is CCNC(=NCc1ccc(OC)c(Br)c1)NCc1ncc(C(C)(C)C)o1. The Kier molecular flexibility index (Phi) is 7.08. The Morgan fingerprint density at radius 2 is 2.08 bits per heavy atom. The molecule has 2 rings (SSSR count). The predicted octanol–water partition coefficient (Wildman–Crippen LogP) is 4.00. The van der Waals surface area contributed by atoms with Crippen LogP contribution in [0.15, 0.2) is 38.3 Å². The first-order chi connectivity index (χ1) is 12.3. The van der Waals surface area contributed by atoms with Crippen molar-refractivity contribution in [2.75, 3.05) is 13.7 Å². The molecule has 0 fully saturated rings. The van der Waals surface area contributed by atoms with Gasteiger partial charge in [0.05, 0.1) is 30.9 Å². The number of hydrogen-bond acceptors (Lipinski definition) is 4. The van der Waals surface area contributed by atoms with Crippen molar-refractivity contribution >= 4 is 21.9 Å². The van der Waals surface area contributed by atoms with Crippen LogP contribution in [0, 0.1) is 0 Å². The van der Waals surface area contributed by atoms with E-state index in [1.165, 1.54) is 0 Å². The predicted molar refractivity (Wildman–Crippen MR) is 108 cm³/mol. The Morgan fingerprint density at radius 3 is 2.65 bits per heavy atom. The number of nitrogens with one attached hydrogen (secondary N) is 2. The summed E-state index contributed by atoms with van der Waals surface area (Å²) in [5, 5.41) is 6.49. The van der Waals surface area contributed by atoms with Crippen molar-refractivity contribution in [1.82, 2.24) is 15.6 Å². The Labute approximate surface area is 163 Å². The van der Waals surface area contributed by atoms with Gasteiger partial charge in [-0.15, -0.1) is 0 Å². The first-order valence-electron chi connectivity index (χ1n) is 8.63. The number of ether oxygens (including phenoxy) is 1. The maximum atomic E-state index is 5.80. The van der Waals surface area contributed by atoms with Crippen LogP contribution in [-0.2, 0) is 18.5 Å². The number of guanidine groups is 1. The number of aromatic nitrogens is 1. The largest absolute Gasteiger partial charge is 0.496 e. The van der Waals surface area contributed by atoms with E-state index >= 15 is 0 Å². The molecule has 0 saturated heterocycles. The minimum absolute atomic E-state index is 0.0500. The number of halogens is 1. The fourth-order valence-electron chi connectivity index (χ4n) is 2.22. The molecule has 0 bridgehead atoms. The molecule has 26 heavy (non-hydrogen) atoms. The lowest BCUT2D eigenvalue weighted by Gasteiger charge is -2.13. The highest BCUT2D eigenvalue weighted by Gasteiger charge is 2.19. The van der Waals surface area contributed by atoms with Gasteiger partial charge in [-0.1, -0.05) is 26.8 Å². The summed E-state index contributed by atoms with van der Waals surface area (Å²) < 4.78 is 12.0. The Morgan fingerprint density at radius 1 is 1.31 bits per heavy atom. The van der Waals surface area contributed by atoms with Crippen LogP contribution in [0.1, 0.15) is 44.9 Å². The van der Waals surface area contributed by atoms with Crippen LogP contribution < -0.4 is 15.4 Å². The minimum Gasteiger partial charge on any atom is -0.496 e. The summed E-state index contributed by atoms with van der Waals surface area (Å²) in [7, 11) is 1.65. The molecule has 0 amide bonds. The summed E-state index contributed by atoms with van der Waals surface area (Å²) in [6.45, 7) is 10.1. The highest BCUT2D eigenvalue weighted by atomic mass is 79.9. The molecule has 2 aromatic rings. The molecule has 0 unspecified atom stereocenters. The molecule has 142 valence electrons. The van der Waals surface area contributed by atoms with Crippen LogP contribution in [0.25, 0.3) is 0 Å². The van der Waals surface area contributed by atoms with E-state index in [1.807, 2.05) is 25.1 Å². The third kappa shape index (κ3) is 5.76. The molecule has 0 aliphatic carbocycles. The van der Waals surface area contributed by atoms with Gasteiger partial charge < -0.3 is 19.8 Å². The molecule has 0 spiro atoms. The number of rotatable bonds is 6. The van der Waals surface area contributed by atoms with Crippen molar-refractivity contribution in [3.8, 4) is 5.75 Å². The monoisotopic (exact) mass is 422 g/mol. The zero-order chi connectivity index (χ0) is 19.2. The number of hydrogen-bond donors (Lipinski definition) is 2. The fraction of sp³-hybridized carbons (Fsp3) is 0.474. The van der Waals surface area contributed by atoms with Gasteiger partial charge in [-0.25, -0.2) is 9.98 Å². The average Bonchev–Trinajstić information content (AvgIpc) is 3.07. The van der Waals surface area contributed by atoms with E-state index in [2.05, 4.69) is 57.3 Å². The Hall–Kier alpha value is -2.02. The third-order valence-electron chi connectivity index (χ3n) is 3.68. The van der Waals surface area contributed by atoms with Gasteiger partial charge in [0.25, 0.3) is 0 Å². The van der Waals surface area contributed by atoms with E-state index in [4.69, 9.17) is 9.15 Å². The van der Waals surface area contributed by atoms with Gasteiger partial charge in [-0.2, -0.15) is 0 Å². The van der Waals surface area contributed by atoms with Crippen LogP contribution in [0.3, 0.4) is 0 Å². The second-order valence-corrected chi connectivity index (χ2v) is 7.74. The summed E-state index contributed by atoms with van der Waals surface area (Å²) in [6, 6.07) is 5.94. The first kappa shape index (κ1) is 20.3. The van der Waals surface area contributed by atoms with Crippen molar-refractivity contribution in [3.05, 3.63) is 46.1 Å². The van der Waals surface area contributed by atoms with Crippen LogP contribution in [0.5, 0.6) is 5.75 Å².